The zero-order chi connectivity index (χ0) is 22.7. The van der Waals surface area contributed by atoms with Gasteiger partial charge in [-0.1, -0.05) is 24.3 Å². The number of hydrogen-bond donors (Lipinski definition) is 4. The number of carbonyl (C=O) groups is 2. The Bertz CT molecular complexity index is 1340. The molecular formula is C22H18N6O4. The van der Waals surface area contributed by atoms with Crippen LogP contribution >= 0.6 is 0 Å². The molecule has 160 valence electrons. The highest BCUT2D eigenvalue weighted by molar-refractivity contribution is 6.11. The van der Waals surface area contributed by atoms with E-state index in [9.17, 15) is 14.7 Å². The Balaban J connectivity index is 1.75. The molecule has 10 heteroatoms. The van der Waals surface area contributed by atoms with Gasteiger partial charge < -0.3 is 20.9 Å². The number of H-pyrrole nitrogens is 1. The summed E-state index contributed by atoms with van der Waals surface area (Å²) in [4.78, 5) is 24.4. The quantitative estimate of drug-likeness (QED) is 0.340. The van der Waals surface area contributed by atoms with Crippen LogP contribution in [-0.2, 0) is 0 Å². The summed E-state index contributed by atoms with van der Waals surface area (Å²) in [6.45, 7) is 0. The maximum Gasteiger partial charge on any atom is 0.259 e. The Morgan fingerprint density at radius 3 is 2.56 bits per heavy atom. The van der Waals surface area contributed by atoms with Crippen LogP contribution in [0.1, 0.15) is 20.7 Å². The number of anilines is 1. The van der Waals surface area contributed by atoms with Gasteiger partial charge in [-0.3, -0.25) is 14.7 Å². The lowest BCUT2D eigenvalue weighted by Gasteiger charge is -2.11. The molecule has 0 saturated carbocycles. The number of rotatable bonds is 6. The predicted octanol–water partition coefficient (Wildman–Crippen LogP) is 4.04. The molecule has 0 bridgehead atoms. The molecular weight excluding hydrogens is 412 g/mol. The van der Waals surface area contributed by atoms with Crippen LogP contribution in [0.15, 0.2) is 71.0 Å². The minimum Gasteiger partial charge on any atom is -0.505 e. The number of nitrogens with zero attached hydrogens (tertiary/aromatic N) is 3. The number of nitrogens with two attached hydrogens (primary N) is 1. The maximum absolute atomic E-state index is 12.9. The summed E-state index contributed by atoms with van der Waals surface area (Å²) in [5, 5.41) is 29.2. The van der Waals surface area contributed by atoms with E-state index in [2.05, 4.69) is 25.7 Å². The van der Waals surface area contributed by atoms with Crippen LogP contribution < -0.4 is 15.8 Å². The number of carbonyl (C=O) groups excluding carboxylic acids is 2. The largest absolute Gasteiger partial charge is 0.505 e. The van der Waals surface area contributed by atoms with Crippen molar-refractivity contribution in [2.75, 3.05) is 12.4 Å². The Kier molecular flexibility index (Phi) is 5.49. The molecule has 10 nitrogen and oxygen atoms in total. The average molecular weight is 430 g/mol. The van der Waals surface area contributed by atoms with Crippen LogP contribution in [-0.4, -0.2) is 34.2 Å². The molecule has 1 heterocycles. The van der Waals surface area contributed by atoms with Gasteiger partial charge in [0.25, 0.3) is 11.8 Å². The second-order valence-corrected chi connectivity index (χ2v) is 6.72. The molecule has 5 N–H and O–H groups in total. The number of hydrogen-bond acceptors (Lipinski definition) is 7. The first kappa shape index (κ1) is 20.5. The number of amides is 2. The summed E-state index contributed by atoms with van der Waals surface area (Å²) in [7, 11) is 1.55. The lowest BCUT2D eigenvalue weighted by Crippen LogP contribution is -2.12. The highest BCUT2D eigenvalue weighted by Gasteiger charge is 2.19. The van der Waals surface area contributed by atoms with Crippen molar-refractivity contribution in [3.63, 3.8) is 0 Å². The lowest BCUT2D eigenvalue weighted by molar-refractivity contribution is 0.0998. The van der Waals surface area contributed by atoms with E-state index >= 15 is 0 Å². The molecule has 0 aliphatic rings. The zero-order valence-corrected chi connectivity index (χ0v) is 16.9. The number of ether oxygens (including phenoxy) is 1. The van der Waals surface area contributed by atoms with Crippen LogP contribution in [0.3, 0.4) is 0 Å². The van der Waals surface area contributed by atoms with Gasteiger partial charge in [-0.15, -0.1) is 10.2 Å². The van der Waals surface area contributed by atoms with Crippen LogP contribution in [0.2, 0.25) is 0 Å². The molecule has 1 aromatic heterocycles. The number of nitrogens with one attached hydrogen (secondary N) is 2. The fourth-order valence-corrected chi connectivity index (χ4v) is 3.10. The molecule has 0 unspecified atom stereocenters. The van der Waals surface area contributed by atoms with Gasteiger partial charge in [0.1, 0.15) is 17.0 Å². The summed E-state index contributed by atoms with van der Waals surface area (Å²) in [5.74, 6) is -0.940. The van der Waals surface area contributed by atoms with Crippen LogP contribution in [0.25, 0.3) is 10.8 Å². The minimum absolute atomic E-state index is 0.00760. The third-order valence-corrected chi connectivity index (χ3v) is 4.72. The number of aromatic amines is 1. The van der Waals surface area contributed by atoms with Crippen molar-refractivity contribution < 1.29 is 19.4 Å². The molecule has 0 saturated heterocycles. The molecule has 32 heavy (non-hydrogen) atoms. The fraction of sp³-hybridized carbons (Fsp3) is 0.0455. The van der Waals surface area contributed by atoms with E-state index in [1.54, 1.807) is 61.7 Å². The first-order valence-electron chi connectivity index (χ1n) is 9.43. The molecule has 0 aliphatic carbocycles. The van der Waals surface area contributed by atoms with Gasteiger partial charge >= 0.3 is 0 Å². The van der Waals surface area contributed by atoms with E-state index in [0.29, 0.717) is 22.2 Å². The van der Waals surface area contributed by atoms with Crippen LogP contribution in [0, 0.1) is 0 Å². The zero-order valence-electron chi connectivity index (χ0n) is 16.9. The first-order chi connectivity index (χ1) is 15.5. The highest BCUT2D eigenvalue weighted by atomic mass is 16.5. The molecule has 0 fully saturated rings. The Hall–Kier alpha value is -4.73. The van der Waals surface area contributed by atoms with Gasteiger partial charge in [-0.05, 0) is 35.7 Å². The van der Waals surface area contributed by atoms with E-state index in [0.717, 1.165) is 0 Å². The van der Waals surface area contributed by atoms with Crippen molar-refractivity contribution >= 4 is 39.8 Å². The summed E-state index contributed by atoms with van der Waals surface area (Å²) >= 11 is 0. The third kappa shape index (κ3) is 3.97. The molecule has 2 amide bonds. The molecule has 3 aromatic carbocycles. The van der Waals surface area contributed by atoms with Crippen LogP contribution in [0.4, 0.5) is 17.2 Å². The van der Waals surface area contributed by atoms with Crippen molar-refractivity contribution in [3.05, 3.63) is 71.9 Å². The average Bonchev–Trinajstić information content (AvgIpc) is 3.27. The van der Waals surface area contributed by atoms with Gasteiger partial charge in [0.2, 0.25) is 0 Å². The normalized spacial score (nSPS) is 11.0. The standard InChI is InChI=1S/C22H18N6O4/c1-32-14-8-6-13(7-9-14)25-22(31)16-10-12-4-2-3-5-15(12)18(19(16)29)26-28-21-17(20(23)30)11-24-27-21/h2-11,29H,1H3,(H2,23,30)(H,24,27)(H,25,31)/b28-26+. The maximum atomic E-state index is 12.9. The number of aromatic hydroxyl groups is 1. The van der Waals surface area contributed by atoms with Gasteiger partial charge in [0.05, 0.1) is 18.9 Å². The Labute approximate surface area is 181 Å². The SMILES string of the molecule is COc1ccc(NC(=O)c2cc3ccccc3c(/N=N/c3[nH]ncc3C(N)=O)c2O)cc1. The molecule has 0 spiro atoms. The first-order valence-corrected chi connectivity index (χ1v) is 9.43. The number of benzene rings is 3. The topological polar surface area (TPSA) is 155 Å². The lowest BCUT2D eigenvalue weighted by atomic mass is 10.0. The van der Waals surface area contributed by atoms with Crippen molar-refractivity contribution in [1.82, 2.24) is 10.2 Å². The van der Waals surface area contributed by atoms with E-state index in [-0.39, 0.29) is 28.4 Å². The Morgan fingerprint density at radius 2 is 1.84 bits per heavy atom. The van der Waals surface area contributed by atoms with Gasteiger partial charge in [0.15, 0.2) is 11.6 Å². The number of primary amides is 1. The van der Waals surface area contributed by atoms with E-state index in [1.807, 2.05) is 0 Å². The van der Waals surface area contributed by atoms with E-state index in [4.69, 9.17) is 10.5 Å². The fourth-order valence-electron chi connectivity index (χ4n) is 3.10. The number of azo groups is 1. The van der Waals surface area contributed by atoms with Gasteiger partial charge in [0, 0.05) is 11.1 Å². The van der Waals surface area contributed by atoms with Crippen molar-refractivity contribution in [2.45, 2.75) is 0 Å². The third-order valence-electron chi connectivity index (χ3n) is 4.72. The Morgan fingerprint density at radius 1 is 1.09 bits per heavy atom. The molecule has 4 aromatic rings. The highest BCUT2D eigenvalue weighted by Crippen LogP contribution is 2.39. The second-order valence-electron chi connectivity index (χ2n) is 6.72. The second kappa shape index (κ2) is 8.56. The molecule has 4 rings (SSSR count). The monoisotopic (exact) mass is 430 g/mol. The molecule has 0 atom stereocenters. The summed E-state index contributed by atoms with van der Waals surface area (Å²) in [6, 6.07) is 15.4. The van der Waals surface area contributed by atoms with E-state index in [1.165, 1.54) is 6.20 Å². The minimum atomic E-state index is -0.727. The van der Waals surface area contributed by atoms with Crippen LogP contribution in [0.5, 0.6) is 11.5 Å². The number of aromatic nitrogens is 2. The smallest absolute Gasteiger partial charge is 0.259 e. The van der Waals surface area contributed by atoms with E-state index < -0.39 is 11.8 Å². The molecule has 0 radical (unpaired) electrons. The number of methoxy groups -OCH3 is 1. The number of phenols is 1. The summed E-state index contributed by atoms with van der Waals surface area (Å²) in [6.07, 6.45) is 1.23. The van der Waals surface area contributed by atoms with Crippen molar-refractivity contribution in [1.29, 1.82) is 0 Å². The predicted molar refractivity (Wildman–Crippen MR) is 118 cm³/mol. The summed E-state index contributed by atoms with van der Waals surface area (Å²) < 4.78 is 5.11. The number of fused-ring (bicyclic) bond motifs is 1. The van der Waals surface area contributed by atoms with Gasteiger partial charge in [-0.2, -0.15) is 5.10 Å². The van der Waals surface area contributed by atoms with Crippen molar-refractivity contribution in [2.24, 2.45) is 16.0 Å². The van der Waals surface area contributed by atoms with Gasteiger partial charge in [-0.25, -0.2) is 0 Å². The van der Waals surface area contributed by atoms with Crippen molar-refractivity contribution in [3.8, 4) is 11.5 Å². The molecule has 0 aliphatic heterocycles. The number of phenolic OH excluding ortho intramolecular Hbond substituents is 1. The summed E-state index contributed by atoms with van der Waals surface area (Å²) in [5.41, 5.74) is 5.93.